The molecule has 0 unspecified atom stereocenters. The minimum absolute atomic E-state index is 0.337. The highest BCUT2D eigenvalue weighted by Gasteiger charge is 2.13. The van der Waals surface area contributed by atoms with Crippen molar-refractivity contribution in [1.82, 2.24) is 4.68 Å². The van der Waals surface area contributed by atoms with Crippen LogP contribution in [0.5, 0.6) is 5.75 Å². The van der Waals surface area contributed by atoms with E-state index < -0.39 is 0 Å². The topological polar surface area (TPSA) is 57.2 Å². The minimum atomic E-state index is -0.337. The molecule has 0 aliphatic heterocycles. The van der Waals surface area contributed by atoms with Gasteiger partial charge in [0.2, 0.25) is 0 Å². The molecule has 4 heteroatoms. The van der Waals surface area contributed by atoms with E-state index in [1.165, 1.54) is 6.92 Å². The van der Waals surface area contributed by atoms with E-state index in [2.05, 4.69) is 0 Å². The molecule has 0 amide bonds. The summed E-state index contributed by atoms with van der Waals surface area (Å²) in [6, 6.07) is 13.3. The summed E-state index contributed by atoms with van der Waals surface area (Å²) in [5.41, 5.74) is 1.75. The van der Waals surface area contributed by atoms with E-state index in [1.54, 1.807) is 10.7 Å². The fourth-order valence-electron chi connectivity index (χ4n) is 2.26. The number of rotatable bonds is 1. The molecule has 0 radical (unpaired) electrons. The number of carbonyl (C=O) groups excluding carboxylic acids is 1. The lowest BCUT2D eigenvalue weighted by Crippen LogP contribution is -2.06. The van der Waals surface area contributed by atoms with E-state index in [4.69, 9.17) is 10.6 Å². The summed E-state index contributed by atoms with van der Waals surface area (Å²) < 4.78 is 6.85. The molecule has 3 aromatic rings. The molecule has 2 N–H and O–H groups in total. The Morgan fingerprint density at radius 2 is 1.83 bits per heavy atom. The van der Waals surface area contributed by atoms with Crippen molar-refractivity contribution in [2.75, 3.05) is 5.84 Å². The SMILES string of the molecule is CC(=O)Oc1cccc2c1c1ccccc1n2N. The molecule has 0 saturated carbocycles. The van der Waals surface area contributed by atoms with Gasteiger partial charge in [0, 0.05) is 12.3 Å². The fourth-order valence-corrected chi connectivity index (χ4v) is 2.26. The summed E-state index contributed by atoms with van der Waals surface area (Å²) in [5, 5.41) is 1.85. The lowest BCUT2D eigenvalue weighted by atomic mass is 10.1. The highest BCUT2D eigenvalue weighted by molar-refractivity contribution is 6.11. The molecular weight excluding hydrogens is 228 g/mol. The summed E-state index contributed by atoms with van der Waals surface area (Å²) in [7, 11) is 0. The second-order valence-corrected chi connectivity index (χ2v) is 4.13. The minimum Gasteiger partial charge on any atom is -0.426 e. The Morgan fingerprint density at radius 1 is 1.11 bits per heavy atom. The normalized spacial score (nSPS) is 10.9. The summed E-state index contributed by atoms with van der Waals surface area (Å²) in [4.78, 5) is 11.1. The van der Waals surface area contributed by atoms with Gasteiger partial charge in [-0.3, -0.25) is 9.47 Å². The highest BCUT2D eigenvalue weighted by Crippen LogP contribution is 2.34. The van der Waals surface area contributed by atoms with Gasteiger partial charge in [0.15, 0.2) is 0 Å². The van der Waals surface area contributed by atoms with Gasteiger partial charge in [-0.1, -0.05) is 24.3 Å². The number of nitrogens with two attached hydrogens (primary N) is 1. The zero-order valence-corrected chi connectivity index (χ0v) is 9.88. The maximum atomic E-state index is 11.1. The Morgan fingerprint density at radius 3 is 2.61 bits per heavy atom. The van der Waals surface area contributed by atoms with Crippen LogP contribution < -0.4 is 10.6 Å². The van der Waals surface area contributed by atoms with Crippen molar-refractivity contribution < 1.29 is 9.53 Å². The second kappa shape index (κ2) is 3.77. The fraction of sp³-hybridized carbons (Fsp3) is 0.0714. The van der Waals surface area contributed by atoms with E-state index in [0.29, 0.717) is 5.75 Å². The molecule has 0 bridgehead atoms. The van der Waals surface area contributed by atoms with Crippen LogP contribution in [0.25, 0.3) is 21.8 Å². The molecule has 3 rings (SSSR count). The number of fused-ring (bicyclic) bond motifs is 3. The highest BCUT2D eigenvalue weighted by atomic mass is 16.5. The molecule has 0 saturated heterocycles. The number of benzene rings is 2. The average molecular weight is 240 g/mol. The van der Waals surface area contributed by atoms with Crippen LogP contribution in [0, 0.1) is 0 Å². The van der Waals surface area contributed by atoms with E-state index in [9.17, 15) is 4.79 Å². The smallest absolute Gasteiger partial charge is 0.308 e. The number of nitrogens with zero attached hydrogens (tertiary/aromatic N) is 1. The van der Waals surface area contributed by atoms with Gasteiger partial charge in [-0.05, 0) is 18.2 Å². The van der Waals surface area contributed by atoms with E-state index in [0.717, 1.165) is 21.8 Å². The second-order valence-electron chi connectivity index (χ2n) is 4.13. The zero-order valence-electron chi connectivity index (χ0n) is 9.88. The Hall–Kier alpha value is -2.49. The summed E-state index contributed by atoms with van der Waals surface area (Å²) in [6.45, 7) is 1.39. The maximum Gasteiger partial charge on any atom is 0.308 e. The third kappa shape index (κ3) is 1.43. The van der Waals surface area contributed by atoms with Crippen molar-refractivity contribution in [3.63, 3.8) is 0 Å². The quantitative estimate of drug-likeness (QED) is 0.404. The van der Waals surface area contributed by atoms with Crippen LogP contribution in [0.15, 0.2) is 42.5 Å². The van der Waals surface area contributed by atoms with Gasteiger partial charge in [0.1, 0.15) is 5.75 Å². The van der Waals surface area contributed by atoms with Crippen LogP contribution in [0.1, 0.15) is 6.92 Å². The number of aromatic nitrogens is 1. The van der Waals surface area contributed by atoms with Crippen LogP contribution >= 0.6 is 0 Å². The van der Waals surface area contributed by atoms with Crippen molar-refractivity contribution in [3.8, 4) is 5.75 Å². The molecule has 0 fully saturated rings. The molecule has 2 aromatic carbocycles. The van der Waals surface area contributed by atoms with Gasteiger partial charge >= 0.3 is 5.97 Å². The molecule has 4 nitrogen and oxygen atoms in total. The predicted octanol–water partition coefficient (Wildman–Crippen LogP) is 2.43. The number of esters is 1. The Labute approximate surface area is 104 Å². The predicted molar refractivity (Wildman–Crippen MR) is 70.9 cm³/mol. The molecule has 1 heterocycles. The number of ether oxygens (including phenoxy) is 1. The number of hydrogen-bond donors (Lipinski definition) is 1. The van der Waals surface area contributed by atoms with Gasteiger partial charge in [0.05, 0.1) is 16.4 Å². The molecule has 0 aliphatic carbocycles. The standard InChI is InChI=1S/C14H12N2O2/c1-9(17)18-13-8-4-7-12-14(13)10-5-2-3-6-11(10)16(12)15/h2-8H,15H2,1H3. The van der Waals surface area contributed by atoms with E-state index in [1.807, 2.05) is 36.4 Å². The van der Waals surface area contributed by atoms with Crippen LogP contribution in [0.3, 0.4) is 0 Å². The molecule has 0 aliphatic rings. The molecule has 0 atom stereocenters. The van der Waals surface area contributed by atoms with Gasteiger partial charge in [-0.25, -0.2) is 0 Å². The number of carbonyl (C=O) groups is 1. The van der Waals surface area contributed by atoms with Gasteiger partial charge in [0.25, 0.3) is 0 Å². The molecule has 90 valence electrons. The number of para-hydroxylation sites is 1. The van der Waals surface area contributed by atoms with Gasteiger partial charge < -0.3 is 10.6 Å². The van der Waals surface area contributed by atoms with Crippen molar-refractivity contribution in [2.45, 2.75) is 6.92 Å². The Kier molecular flexibility index (Phi) is 2.23. The first-order valence-corrected chi connectivity index (χ1v) is 5.64. The Balaban J connectivity index is 2.45. The first-order valence-electron chi connectivity index (χ1n) is 5.64. The summed E-state index contributed by atoms with van der Waals surface area (Å²) in [5.74, 6) is 6.26. The lowest BCUT2D eigenvalue weighted by molar-refractivity contribution is -0.131. The van der Waals surface area contributed by atoms with Gasteiger partial charge in [-0.2, -0.15) is 0 Å². The van der Waals surface area contributed by atoms with Crippen LogP contribution in [0.4, 0.5) is 0 Å². The van der Waals surface area contributed by atoms with Crippen molar-refractivity contribution >= 4 is 27.8 Å². The first kappa shape index (κ1) is 10.7. The third-order valence-corrected chi connectivity index (χ3v) is 2.95. The summed E-state index contributed by atoms with van der Waals surface area (Å²) in [6.07, 6.45) is 0. The largest absolute Gasteiger partial charge is 0.426 e. The monoisotopic (exact) mass is 240 g/mol. The van der Waals surface area contributed by atoms with Crippen molar-refractivity contribution in [3.05, 3.63) is 42.5 Å². The average Bonchev–Trinajstić information content (AvgIpc) is 2.65. The van der Waals surface area contributed by atoms with E-state index >= 15 is 0 Å². The summed E-state index contributed by atoms with van der Waals surface area (Å²) >= 11 is 0. The first-order chi connectivity index (χ1) is 8.68. The molecular formula is C14H12N2O2. The number of hydrogen-bond acceptors (Lipinski definition) is 3. The van der Waals surface area contributed by atoms with Crippen LogP contribution in [0.2, 0.25) is 0 Å². The molecule has 0 spiro atoms. The van der Waals surface area contributed by atoms with Crippen LogP contribution in [-0.2, 0) is 4.79 Å². The van der Waals surface area contributed by atoms with Crippen LogP contribution in [-0.4, -0.2) is 10.6 Å². The molecule has 18 heavy (non-hydrogen) atoms. The van der Waals surface area contributed by atoms with E-state index in [-0.39, 0.29) is 5.97 Å². The lowest BCUT2D eigenvalue weighted by Gasteiger charge is -2.03. The van der Waals surface area contributed by atoms with Gasteiger partial charge in [-0.15, -0.1) is 0 Å². The third-order valence-electron chi connectivity index (χ3n) is 2.95. The Bertz CT molecular complexity index is 759. The van der Waals surface area contributed by atoms with Crippen molar-refractivity contribution in [2.24, 2.45) is 0 Å². The number of nitrogen functional groups attached to an aromatic ring is 1. The zero-order chi connectivity index (χ0) is 12.7. The van der Waals surface area contributed by atoms with Crippen molar-refractivity contribution in [1.29, 1.82) is 0 Å². The molecule has 1 aromatic heterocycles. The maximum absolute atomic E-state index is 11.1.